The third-order valence-corrected chi connectivity index (χ3v) is 4.13. The molecule has 0 aromatic carbocycles. The molecule has 0 saturated carbocycles. The fourth-order valence-electron chi connectivity index (χ4n) is 0.380. The molecule has 92 valence electrons. The van der Waals surface area contributed by atoms with Gasteiger partial charge in [-0.1, -0.05) is 18.7 Å². The molecule has 0 aliphatic heterocycles. The Morgan fingerprint density at radius 3 is 2.00 bits per heavy atom. The minimum atomic E-state index is -10.7. The van der Waals surface area contributed by atoms with Crippen LogP contribution in [-0.4, -0.2) is 5.75 Å². The maximum absolute atomic E-state index is 10.7. The number of thioether (sulfide) groups is 1. The molecular weight excluding hydrogens is 301 g/mol. The maximum atomic E-state index is 9.87. The zero-order valence-corrected chi connectivity index (χ0v) is 10.6. The molecule has 0 fully saturated rings. The van der Waals surface area contributed by atoms with E-state index in [2.05, 4.69) is 17.7 Å². The Bertz CT molecular complexity index is 277. The Labute approximate surface area is 94.6 Å². The second-order valence-electron chi connectivity index (χ2n) is 2.15. The summed E-state index contributed by atoms with van der Waals surface area (Å²) in [7, 11) is -10.7. The Morgan fingerprint density at radius 1 is 1.27 bits per heavy atom. The third kappa shape index (κ3) is 20.5. The predicted octanol–water partition coefficient (Wildman–Crippen LogP) is 6.59. The van der Waals surface area contributed by atoms with Gasteiger partial charge in [0.15, 0.2) is 0 Å². The van der Waals surface area contributed by atoms with E-state index in [9.17, 15) is 25.2 Å². The summed E-state index contributed by atoms with van der Waals surface area (Å²) in [5, 5.41) is 4.26. The van der Waals surface area contributed by atoms with E-state index in [0.717, 1.165) is 0 Å². The van der Waals surface area contributed by atoms with E-state index in [1.807, 2.05) is 34.4 Å². The zero-order chi connectivity index (χ0) is 12.2. The fourth-order valence-corrected chi connectivity index (χ4v) is 3.42. The van der Waals surface area contributed by atoms with Crippen LogP contribution in [0.4, 0.5) is 25.2 Å². The molecule has 0 bridgehead atoms. The second-order valence-corrected chi connectivity index (χ2v) is 7.95. The quantitative estimate of drug-likeness (QED) is 0.257. The van der Waals surface area contributed by atoms with Crippen molar-refractivity contribution < 1.29 is 25.2 Å². The number of rotatable bonds is 2. The van der Waals surface area contributed by atoms with Gasteiger partial charge in [0.25, 0.3) is 0 Å². The van der Waals surface area contributed by atoms with Crippen molar-refractivity contribution in [2.45, 2.75) is 10.4 Å². The van der Waals surface area contributed by atoms with Crippen molar-refractivity contribution in [3.8, 4) is 0 Å². The van der Waals surface area contributed by atoms with Gasteiger partial charge in [-0.3, -0.25) is 0 Å². The van der Waals surface area contributed by atoms with Crippen LogP contribution in [0.15, 0.2) is 14.3 Å². The second kappa shape index (κ2) is 4.35. The summed E-state index contributed by atoms with van der Waals surface area (Å²) in [4.78, 5) is 0. The fraction of sp³-hybridized carbons (Fsp3) is 0.400. The average molecular weight is 308 g/mol. The summed E-state index contributed by atoms with van der Waals surface area (Å²) in [6.07, 6.45) is 0. The van der Waals surface area contributed by atoms with E-state index in [0.29, 0.717) is 0 Å². The summed E-state index contributed by atoms with van der Waals surface area (Å²) in [5.74, 6) is 1.19. The van der Waals surface area contributed by atoms with Crippen LogP contribution in [0.1, 0.15) is 6.92 Å². The van der Waals surface area contributed by atoms with Gasteiger partial charge in [0.05, 0.1) is 22.7 Å². The first-order chi connectivity index (χ1) is 6.38. The van der Waals surface area contributed by atoms with Gasteiger partial charge in [-0.25, -0.2) is 0 Å². The van der Waals surface area contributed by atoms with E-state index >= 15 is 0 Å². The Balaban J connectivity index is 0.000000265. The van der Waals surface area contributed by atoms with Crippen molar-refractivity contribution in [1.29, 1.82) is 0 Å². The van der Waals surface area contributed by atoms with E-state index in [-0.39, 0.29) is 0 Å². The summed E-state index contributed by atoms with van der Waals surface area (Å²) < 4.78 is 60.7. The zero-order valence-electron chi connectivity index (χ0n) is 7.30. The van der Waals surface area contributed by atoms with Crippen molar-refractivity contribution in [3.05, 3.63) is 10.8 Å². The monoisotopic (exact) mass is 308 g/mol. The van der Waals surface area contributed by atoms with Gasteiger partial charge in [-0.05, 0) is 0 Å². The average Bonchev–Trinajstić information content (AvgIpc) is 2.32. The Kier molecular flexibility index (Phi) is 4.47. The SMILES string of the molecule is CCSc1scc[s+]1.F[P-](F)(F)(F)(F)F. The van der Waals surface area contributed by atoms with Gasteiger partial charge < -0.3 is 0 Å². The standard InChI is InChI=1S/C5H7S3.F6P/c1-2-6-5-7-3-4-8-5;1-7(2,3,4,5)6/h3-4H,2H2,1H3;/q+1;-1. The first-order valence-corrected chi connectivity index (χ1v) is 8.20. The molecule has 1 heterocycles. The topological polar surface area (TPSA) is 0 Å². The number of hydrogen-bond acceptors (Lipinski definition) is 2. The summed E-state index contributed by atoms with van der Waals surface area (Å²) in [6.45, 7) is 2.18. The van der Waals surface area contributed by atoms with Crippen molar-refractivity contribution in [2.24, 2.45) is 0 Å². The molecule has 0 spiro atoms. The van der Waals surface area contributed by atoms with Gasteiger partial charge in [0, 0.05) is 5.75 Å². The molecule has 15 heavy (non-hydrogen) atoms. The van der Waals surface area contributed by atoms with Crippen LogP contribution in [0.5, 0.6) is 0 Å². The van der Waals surface area contributed by atoms with E-state index < -0.39 is 7.81 Å². The molecule has 0 amide bonds. The van der Waals surface area contributed by atoms with Crippen LogP contribution in [0, 0.1) is 0 Å². The molecule has 1 rings (SSSR count). The first kappa shape index (κ1) is 15.4. The molecule has 0 nitrogen and oxygen atoms in total. The van der Waals surface area contributed by atoms with Crippen LogP contribution >= 0.6 is 42.2 Å². The van der Waals surface area contributed by atoms with E-state index in [4.69, 9.17) is 0 Å². The number of hydrogen-bond donors (Lipinski definition) is 0. The summed E-state index contributed by atoms with van der Waals surface area (Å²) in [6, 6.07) is 0. The van der Waals surface area contributed by atoms with Crippen LogP contribution in [0.25, 0.3) is 0 Å². The Morgan fingerprint density at radius 2 is 1.73 bits per heavy atom. The van der Waals surface area contributed by atoms with Crippen molar-refractivity contribution in [3.63, 3.8) is 0 Å². The molecule has 1 aromatic rings. The molecule has 0 aliphatic rings. The third-order valence-electron chi connectivity index (χ3n) is 0.646. The summed E-state index contributed by atoms with van der Waals surface area (Å²) >= 11 is 5.58. The summed E-state index contributed by atoms with van der Waals surface area (Å²) in [5.41, 5.74) is 0. The van der Waals surface area contributed by atoms with Gasteiger partial charge in [-0.15, -0.1) is 0 Å². The van der Waals surface area contributed by atoms with Crippen LogP contribution in [0.3, 0.4) is 0 Å². The minimum absolute atomic E-state index is 1.19. The molecule has 0 radical (unpaired) electrons. The van der Waals surface area contributed by atoms with Crippen molar-refractivity contribution in [2.75, 3.05) is 5.75 Å². The van der Waals surface area contributed by atoms with Gasteiger partial charge in [-0.2, -0.15) is 0 Å². The molecule has 1 aromatic heterocycles. The molecule has 0 N–H and O–H groups in total. The molecule has 0 atom stereocenters. The van der Waals surface area contributed by atoms with Crippen LogP contribution < -0.4 is 0 Å². The van der Waals surface area contributed by atoms with Gasteiger partial charge in [0.1, 0.15) is 10.8 Å². The van der Waals surface area contributed by atoms with Gasteiger partial charge >= 0.3 is 36.5 Å². The molecule has 10 heteroatoms. The van der Waals surface area contributed by atoms with Crippen molar-refractivity contribution in [1.82, 2.24) is 0 Å². The Hall–Kier alpha value is 0.410. The van der Waals surface area contributed by atoms with E-state index in [1.165, 1.54) is 9.28 Å². The van der Waals surface area contributed by atoms with Crippen LogP contribution in [-0.2, 0) is 0 Å². The van der Waals surface area contributed by atoms with Crippen molar-refractivity contribution >= 4 is 42.2 Å². The molecule has 0 aliphatic carbocycles. The first-order valence-electron chi connectivity index (χ1n) is 3.43. The van der Waals surface area contributed by atoms with Gasteiger partial charge in [0.2, 0.25) is 0 Å². The molecule has 0 saturated heterocycles. The molecule has 0 unspecified atom stereocenters. The van der Waals surface area contributed by atoms with E-state index in [1.54, 1.807) is 0 Å². The van der Waals surface area contributed by atoms with Crippen LogP contribution in [0.2, 0.25) is 0 Å². The predicted molar refractivity (Wildman–Crippen MR) is 56.6 cm³/mol. The molecular formula is C5H7F6PS3. The normalized spacial score (nSPS) is 15.9. The number of halogens is 6.